The zero-order valence-corrected chi connectivity index (χ0v) is 20.4. The lowest BCUT2D eigenvalue weighted by Gasteiger charge is -2.33. The lowest BCUT2D eigenvalue weighted by atomic mass is 9.86. The van der Waals surface area contributed by atoms with Crippen LogP contribution in [0.1, 0.15) is 51.9 Å². The summed E-state index contributed by atoms with van der Waals surface area (Å²) in [6, 6.07) is 0.393. The standard InChI is InChI=1S/C26H37N5O3/c1-18-16-31(17-27-18)22-9-8-21(15-23(22)33-2)24-28-29-25(34-24)26(32)30-12-10-20(11-13-30)14-19-6-4-3-5-7-19/h6,8-9,15,17-18,20,22-24,28H,3-5,7,10-14,16H2,1-2H3. The van der Waals surface area contributed by atoms with Crippen molar-refractivity contribution in [1.82, 2.24) is 15.2 Å². The number of hydrogen-bond acceptors (Lipinski definition) is 7. The van der Waals surface area contributed by atoms with Crippen LogP contribution in [0.3, 0.4) is 0 Å². The molecule has 0 aromatic heterocycles. The van der Waals surface area contributed by atoms with Crippen LogP contribution < -0.4 is 5.43 Å². The molecule has 0 aromatic rings. The molecule has 34 heavy (non-hydrogen) atoms. The fourth-order valence-electron chi connectivity index (χ4n) is 5.60. The number of hydrogen-bond donors (Lipinski definition) is 1. The Bertz CT molecular complexity index is 915. The van der Waals surface area contributed by atoms with Gasteiger partial charge in [-0.15, -0.1) is 5.10 Å². The average molecular weight is 468 g/mol. The first-order chi connectivity index (χ1) is 16.6. The summed E-state index contributed by atoms with van der Waals surface area (Å²) in [5.74, 6) is 0.726. The van der Waals surface area contributed by atoms with Gasteiger partial charge >= 0.3 is 5.91 Å². The summed E-state index contributed by atoms with van der Waals surface area (Å²) in [6.07, 6.45) is 18.4. The molecule has 8 nitrogen and oxygen atoms in total. The third-order valence-corrected chi connectivity index (χ3v) is 7.61. The molecule has 0 bridgehead atoms. The number of carbonyl (C=O) groups is 1. The van der Waals surface area contributed by atoms with Crippen molar-refractivity contribution in [2.24, 2.45) is 16.0 Å². The Balaban J connectivity index is 1.12. The van der Waals surface area contributed by atoms with Gasteiger partial charge in [0.1, 0.15) is 0 Å². The molecule has 2 aliphatic carbocycles. The second-order valence-corrected chi connectivity index (χ2v) is 10.1. The molecule has 8 heteroatoms. The van der Waals surface area contributed by atoms with Gasteiger partial charge in [-0.3, -0.25) is 15.2 Å². The summed E-state index contributed by atoms with van der Waals surface area (Å²) in [4.78, 5) is 21.6. The van der Waals surface area contributed by atoms with Crippen molar-refractivity contribution in [3.05, 3.63) is 35.5 Å². The number of carbonyl (C=O) groups excluding carboxylic acids is 1. The van der Waals surface area contributed by atoms with Crippen molar-refractivity contribution in [1.29, 1.82) is 0 Å². The van der Waals surface area contributed by atoms with Crippen LogP contribution in [0.2, 0.25) is 0 Å². The molecule has 0 aromatic carbocycles. The first-order valence-corrected chi connectivity index (χ1v) is 12.8. The highest BCUT2D eigenvalue weighted by atomic mass is 16.5. The summed E-state index contributed by atoms with van der Waals surface area (Å²) >= 11 is 0. The van der Waals surface area contributed by atoms with Crippen LogP contribution >= 0.6 is 0 Å². The number of ether oxygens (including phenoxy) is 2. The Hall–Kier alpha value is -2.61. The molecule has 4 unspecified atom stereocenters. The van der Waals surface area contributed by atoms with Crippen molar-refractivity contribution in [2.45, 2.75) is 76.3 Å². The smallest absolute Gasteiger partial charge is 0.310 e. The molecule has 5 aliphatic rings. The van der Waals surface area contributed by atoms with Gasteiger partial charge in [-0.1, -0.05) is 23.8 Å². The number of aliphatic imine (C=N–C) groups is 1. The number of nitrogens with zero attached hydrogens (tertiary/aromatic N) is 4. The molecule has 0 saturated carbocycles. The molecule has 184 valence electrons. The quantitative estimate of drug-likeness (QED) is 0.608. The Morgan fingerprint density at radius 1 is 1.29 bits per heavy atom. The first kappa shape index (κ1) is 23.1. The van der Waals surface area contributed by atoms with Crippen molar-refractivity contribution >= 4 is 18.1 Å². The van der Waals surface area contributed by atoms with Crippen molar-refractivity contribution < 1.29 is 14.3 Å². The van der Waals surface area contributed by atoms with Crippen molar-refractivity contribution in [3.8, 4) is 0 Å². The highest BCUT2D eigenvalue weighted by molar-refractivity contribution is 6.35. The van der Waals surface area contributed by atoms with Crippen molar-refractivity contribution in [3.63, 3.8) is 0 Å². The zero-order chi connectivity index (χ0) is 23.5. The SMILES string of the molecule is COC1C=C(C2NN=C(C(=O)N3CCC(CC4=CCCCC4)CC3)O2)C=CC1N1C=NC(C)C1. The predicted octanol–water partition coefficient (Wildman–Crippen LogP) is 2.99. The second-order valence-electron chi connectivity index (χ2n) is 10.1. The fourth-order valence-corrected chi connectivity index (χ4v) is 5.60. The van der Waals surface area contributed by atoms with E-state index in [2.05, 4.69) is 39.5 Å². The third-order valence-electron chi connectivity index (χ3n) is 7.61. The number of piperidine rings is 1. The number of rotatable bonds is 6. The highest BCUT2D eigenvalue weighted by Gasteiger charge is 2.35. The van der Waals surface area contributed by atoms with Gasteiger partial charge in [0.25, 0.3) is 5.90 Å². The predicted molar refractivity (Wildman–Crippen MR) is 132 cm³/mol. The average Bonchev–Trinajstić information content (AvgIpc) is 3.54. The Morgan fingerprint density at radius 2 is 2.15 bits per heavy atom. The lowest BCUT2D eigenvalue weighted by molar-refractivity contribution is -0.127. The van der Waals surface area contributed by atoms with Gasteiger partial charge in [-0.25, -0.2) is 0 Å². The molecule has 5 rings (SSSR count). The number of allylic oxidation sites excluding steroid dienone is 2. The van der Waals surface area contributed by atoms with Gasteiger partial charge < -0.3 is 19.3 Å². The summed E-state index contributed by atoms with van der Waals surface area (Å²) in [5.41, 5.74) is 5.53. The van der Waals surface area contributed by atoms with E-state index in [0.29, 0.717) is 12.0 Å². The van der Waals surface area contributed by atoms with Gasteiger partial charge in [-0.2, -0.15) is 0 Å². The van der Waals surface area contributed by atoms with E-state index in [9.17, 15) is 4.79 Å². The van der Waals surface area contributed by atoms with Crippen molar-refractivity contribution in [2.75, 3.05) is 26.7 Å². The first-order valence-electron chi connectivity index (χ1n) is 12.8. The Labute approximate surface area is 202 Å². The zero-order valence-electron chi connectivity index (χ0n) is 20.4. The molecule has 3 heterocycles. The number of hydrazone groups is 1. The maximum atomic E-state index is 13.0. The van der Waals surface area contributed by atoms with E-state index in [1.165, 1.54) is 32.1 Å². The van der Waals surface area contributed by atoms with Gasteiger partial charge in [0.2, 0.25) is 6.23 Å². The van der Waals surface area contributed by atoms with Gasteiger partial charge in [-0.05, 0) is 63.9 Å². The third kappa shape index (κ3) is 5.06. The molecule has 1 fully saturated rings. The van der Waals surface area contributed by atoms with Crippen LogP contribution in [-0.4, -0.2) is 79.1 Å². The van der Waals surface area contributed by atoms with Gasteiger partial charge in [0.15, 0.2) is 0 Å². The number of amides is 1. The number of nitrogens with one attached hydrogen (secondary N) is 1. The maximum Gasteiger partial charge on any atom is 0.310 e. The molecular weight excluding hydrogens is 430 g/mol. The largest absolute Gasteiger partial charge is 0.443 e. The molecule has 4 atom stereocenters. The molecule has 3 aliphatic heterocycles. The summed E-state index contributed by atoms with van der Waals surface area (Å²) in [7, 11) is 1.71. The van der Waals surface area contributed by atoms with Crippen LogP contribution in [-0.2, 0) is 14.3 Å². The lowest BCUT2D eigenvalue weighted by Crippen LogP contribution is -2.44. The van der Waals surface area contributed by atoms with Crippen LogP contribution in [0.15, 0.2) is 45.5 Å². The van der Waals surface area contributed by atoms with E-state index in [4.69, 9.17) is 9.47 Å². The number of likely N-dealkylation sites (tertiary alicyclic amines) is 1. The normalized spacial score (nSPS) is 31.6. The van der Waals surface area contributed by atoms with E-state index >= 15 is 0 Å². The minimum atomic E-state index is -0.476. The topological polar surface area (TPSA) is 78.8 Å². The number of methoxy groups -OCH3 is 1. The Morgan fingerprint density at radius 3 is 2.85 bits per heavy atom. The maximum absolute atomic E-state index is 13.0. The molecular formula is C26H37N5O3. The highest BCUT2D eigenvalue weighted by Crippen LogP contribution is 2.30. The van der Waals surface area contributed by atoms with Gasteiger partial charge in [0.05, 0.1) is 24.5 Å². The monoisotopic (exact) mass is 467 g/mol. The van der Waals surface area contributed by atoms with Gasteiger partial charge in [0, 0.05) is 32.3 Å². The van der Waals surface area contributed by atoms with E-state index < -0.39 is 6.23 Å². The molecule has 1 saturated heterocycles. The van der Waals surface area contributed by atoms with E-state index in [0.717, 1.165) is 38.0 Å². The minimum absolute atomic E-state index is 0.0940. The molecule has 0 radical (unpaired) electrons. The van der Waals surface area contributed by atoms with E-state index in [1.807, 2.05) is 23.4 Å². The second kappa shape index (κ2) is 10.3. The molecule has 1 amide bonds. The van der Waals surface area contributed by atoms with Crippen LogP contribution in [0.25, 0.3) is 0 Å². The van der Waals surface area contributed by atoms with Crippen LogP contribution in [0.5, 0.6) is 0 Å². The molecule has 1 N–H and O–H groups in total. The minimum Gasteiger partial charge on any atom is -0.443 e. The fraction of sp³-hybridized carbons (Fsp3) is 0.654. The van der Waals surface area contributed by atoms with Crippen LogP contribution in [0, 0.1) is 5.92 Å². The molecule has 0 spiro atoms. The summed E-state index contributed by atoms with van der Waals surface area (Å²) < 4.78 is 11.7. The van der Waals surface area contributed by atoms with E-state index in [1.54, 1.807) is 12.7 Å². The van der Waals surface area contributed by atoms with E-state index in [-0.39, 0.29) is 24.0 Å². The Kier molecular flexibility index (Phi) is 7.04. The van der Waals surface area contributed by atoms with Crippen LogP contribution in [0.4, 0.5) is 0 Å². The summed E-state index contributed by atoms with van der Waals surface area (Å²) in [5, 5.41) is 4.23. The summed E-state index contributed by atoms with van der Waals surface area (Å²) in [6.45, 7) is 4.53.